The Labute approximate surface area is 108 Å². The summed E-state index contributed by atoms with van der Waals surface area (Å²) in [5.74, 6) is 2.01. The summed E-state index contributed by atoms with van der Waals surface area (Å²) in [6.45, 7) is 2.12. The molecule has 0 unspecified atom stereocenters. The maximum Gasteiger partial charge on any atom is 0.231 e. The minimum absolute atomic E-state index is 0.248. The standard InChI is InChI=1S/C12H9N3O2S/c1-7-14-12(11(5-13)18-7)15-8-2-3-9-10(4-8)17-6-16-9/h2-4,15H,6H2,1H3. The number of nitrogens with one attached hydrogen (secondary N) is 1. The van der Waals surface area contributed by atoms with Gasteiger partial charge in [0.2, 0.25) is 6.79 Å². The lowest BCUT2D eigenvalue weighted by molar-refractivity contribution is 0.174. The Morgan fingerprint density at radius 3 is 3.06 bits per heavy atom. The highest BCUT2D eigenvalue weighted by Crippen LogP contribution is 2.35. The van der Waals surface area contributed by atoms with Gasteiger partial charge in [-0.05, 0) is 19.1 Å². The summed E-state index contributed by atoms with van der Waals surface area (Å²) in [7, 11) is 0. The number of anilines is 2. The molecule has 0 atom stereocenters. The number of ether oxygens (including phenoxy) is 2. The monoisotopic (exact) mass is 259 g/mol. The summed E-state index contributed by atoms with van der Waals surface area (Å²) >= 11 is 1.37. The molecule has 0 spiro atoms. The fraction of sp³-hybridized carbons (Fsp3) is 0.167. The van der Waals surface area contributed by atoms with E-state index in [9.17, 15) is 0 Å². The molecule has 1 aliphatic rings. The Bertz CT molecular complexity index is 645. The van der Waals surface area contributed by atoms with E-state index in [4.69, 9.17) is 14.7 Å². The molecule has 1 aromatic carbocycles. The largest absolute Gasteiger partial charge is 0.454 e. The number of aryl methyl sites for hydroxylation is 1. The van der Waals surface area contributed by atoms with Crippen molar-refractivity contribution in [1.29, 1.82) is 5.26 Å². The second-order valence-electron chi connectivity index (χ2n) is 3.72. The Balaban J connectivity index is 1.90. The Morgan fingerprint density at radius 2 is 2.22 bits per heavy atom. The van der Waals surface area contributed by atoms with Gasteiger partial charge in [-0.25, -0.2) is 4.98 Å². The number of hydrogen-bond acceptors (Lipinski definition) is 6. The van der Waals surface area contributed by atoms with Gasteiger partial charge in [-0.1, -0.05) is 0 Å². The van der Waals surface area contributed by atoms with E-state index in [0.717, 1.165) is 16.4 Å². The van der Waals surface area contributed by atoms with Gasteiger partial charge in [0.25, 0.3) is 0 Å². The van der Waals surface area contributed by atoms with E-state index in [1.54, 1.807) is 0 Å². The molecule has 0 fully saturated rings. The van der Waals surface area contributed by atoms with E-state index >= 15 is 0 Å². The molecule has 0 saturated carbocycles. The van der Waals surface area contributed by atoms with Gasteiger partial charge >= 0.3 is 0 Å². The van der Waals surface area contributed by atoms with Crippen molar-refractivity contribution >= 4 is 22.8 Å². The second-order valence-corrected chi connectivity index (χ2v) is 4.92. The molecule has 0 bridgehead atoms. The van der Waals surface area contributed by atoms with E-state index in [2.05, 4.69) is 16.4 Å². The van der Waals surface area contributed by atoms with Gasteiger partial charge in [0, 0.05) is 11.8 Å². The number of hydrogen-bond donors (Lipinski definition) is 1. The quantitative estimate of drug-likeness (QED) is 0.898. The number of aromatic nitrogens is 1. The van der Waals surface area contributed by atoms with Gasteiger partial charge < -0.3 is 14.8 Å². The van der Waals surface area contributed by atoms with Gasteiger partial charge in [-0.15, -0.1) is 11.3 Å². The van der Waals surface area contributed by atoms with Crippen molar-refractivity contribution in [1.82, 2.24) is 4.98 Å². The van der Waals surface area contributed by atoms with Crippen LogP contribution in [0.15, 0.2) is 18.2 Å². The summed E-state index contributed by atoms with van der Waals surface area (Å²) in [6.07, 6.45) is 0. The lowest BCUT2D eigenvalue weighted by Gasteiger charge is -2.04. The topological polar surface area (TPSA) is 67.2 Å². The Hall–Kier alpha value is -2.26. The first-order valence-electron chi connectivity index (χ1n) is 5.30. The highest BCUT2D eigenvalue weighted by molar-refractivity contribution is 7.12. The Morgan fingerprint density at radius 1 is 1.39 bits per heavy atom. The maximum atomic E-state index is 9.00. The van der Waals surface area contributed by atoms with Crippen LogP contribution in [0.4, 0.5) is 11.5 Å². The molecule has 3 rings (SSSR count). The number of benzene rings is 1. The van der Waals surface area contributed by atoms with Crippen molar-refractivity contribution < 1.29 is 9.47 Å². The molecule has 6 heteroatoms. The average Bonchev–Trinajstić information content (AvgIpc) is 2.95. The third kappa shape index (κ3) is 1.85. The molecule has 1 N–H and O–H groups in total. The van der Waals surface area contributed by atoms with E-state index in [1.807, 2.05) is 25.1 Å². The fourth-order valence-electron chi connectivity index (χ4n) is 1.70. The van der Waals surface area contributed by atoms with Gasteiger partial charge in [-0.3, -0.25) is 0 Å². The normalized spacial score (nSPS) is 12.2. The summed E-state index contributed by atoms with van der Waals surface area (Å²) in [5.41, 5.74) is 0.820. The lowest BCUT2D eigenvalue weighted by atomic mass is 10.3. The van der Waals surface area contributed by atoms with Crippen LogP contribution >= 0.6 is 11.3 Å². The lowest BCUT2D eigenvalue weighted by Crippen LogP contribution is -1.93. The molecule has 1 aliphatic heterocycles. The van der Waals surface area contributed by atoms with Crippen LogP contribution in [0.25, 0.3) is 0 Å². The van der Waals surface area contributed by atoms with Crippen LogP contribution in [0.5, 0.6) is 11.5 Å². The highest BCUT2D eigenvalue weighted by atomic mass is 32.1. The van der Waals surface area contributed by atoms with Crippen LogP contribution in [0.2, 0.25) is 0 Å². The molecule has 0 amide bonds. The zero-order chi connectivity index (χ0) is 12.5. The molecular weight excluding hydrogens is 250 g/mol. The van der Waals surface area contributed by atoms with Gasteiger partial charge in [0.05, 0.1) is 5.01 Å². The second kappa shape index (κ2) is 4.20. The van der Waals surface area contributed by atoms with Crippen LogP contribution in [0.1, 0.15) is 9.88 Å². The van der Waals surface area contributed by atoms with Crippen molar-refractivity contribution in [3.05, 3.63) is 28.1 Å². The molecule has 2 aromatic rings. The summed E-state index contributed by atoms with van der Waals surface area (Å²) in [4.78, 5) is 4.86. The van der Waals surface area contributed by atoms with Crippen molar-refractivity contribution in [2.45, 2.75) is 6.92 Å². The van der Waals surface area contributed by atoms with E-state index < -0.39 is 0 Å². The van der Waals surface area contributed by atoms with Crippen LogP contribution < -0.4 is 14.8 Å². The number of rotatable bonds is 2. The van der Waals surface area contributed by atoms with Crippen molar-refractivity contribution in [2.24, 2.45) is 0 Å². The van der Waals surface area contributed by atoms with Crippen LogP contribution in [0, 0.1) is 18.3 Å². The van der Waals surface area contributed by atoms with Gasteiger partial charge in [-0.2, -0.15) is 5.26 Å². The molecule has 1 aromatic heterocycles. The van der Waals surface area contributed by atoms with Crippen molar-refractivity contribution in [3.8, 4) is 17.6 Å². The van der Waals surface area contributed by atoms with E-state index in [0.29, 0.717) is 16.4 Å². The zero-order valence-electron chi connectivity index (χ0n) is 9.56. The van der Waals surface area contributed by atoms with E-state index in [-0.39, 0.29) is 6.79 Å². The minimum atomic E-state index is 0.248. The molecular formula is C12H9N3O2S. The number of nitrogens with zero attached hydrogens (tertiary/aromatic N) is 2. The molecule has 18 heavy (non-hydrogen) atoms. The molecule has 0 aliphatic carbocycles. The van der Waals surface area contributed by atoms with E-state index in [1.165, 1.54) is 11.3 Å². The summed E-state index contributed by atoms with van der Waals surface area (Å²) in [6, 6.07) is 7.65. The number of thiazole rings is 1. The molecule has 5 nitrogen and oxygen atoms in total. The smallest absolute Gasteiger partial charge is 0.231 e. The minimum Gasteiger partial charge on any atom is -0.454 e. The van der Waals surface area contributed by atoms with Gasteiger partial charge in [0.1, 0.15) is 10.9 Å². The summed E-state index contributed by atoms with van der Waals surface area (Å²) < 4.78 is 10.5. The highest BCUT2D eigenvalue weighted by Gasteiger charge is 2.14. The predicted molar refractivity (Wildman–Crippen MR) is 67.4 cm³/mol. The first kappa shape index (κ1) is 10.9. The molecule has 0 saturated heterocycles. The third-order valence-electron chi connectivity index (χ3n) is 2.47. The average molecular weight is 259 g/mol. The predicted octanol–water partition coefficient (Wildman–Crippen LogP) is 2.80. The number of nitriles is 1. The summed E-state index contributed by atoms with van der Waals surface area (Å²) in [5, 5.41) is 13.0. The first-order valence-corrected chi connectivity index (χ1v) is 6.12. The molecule has 90 valence electrons. The van der Waals surface area contributed by atoms with Crippen molar-refractivity contribution in [3.63, 3.8) is 0 Å². The first-order chi connectivity index (χ1) is 8.76. The number of fused-ring (bicyclic) bond motifs is 1. The van der Waals surface area contributed by atoms with Crippen LogP contribution in [-0.2, 0) is 0 Å². The molecule has 2 heterocycles. The fourth-order valence-corrected chi connectivity index (χ4v) is 2.37. The molecule has 0 radical (unpaired) electrons. The van der Waals surface area contributed by atoms with Crippen LogP contribution in [-0.4, -0.2) is 11.8 Å². The maximum absolute atomic E-state index is 9.00. The van der Waals surface area contributed by atoms with Gasteiger partial charge in [0.15, 0.2) is 17.3 Å². The Kier molecular flexibility index (Phi) is 2.54. The van der Waals surface area contributed by atoms with Crippen molar-refractivity contribution in [2.75, 3.05) is 12.1 Å². The third-order valence-corrected chi connectivity index (χ3v) is 3.35. The zero-order valence-corrected chi connectivity index (χ0v) is 10.4. The SMILES string of the molecule is Cc1nc(Nc2ccc3c(c2)OCO3)c(C#N)s1. The van der Waals surface area contributed by atoms with Crippen LogP contribution in [0.3, 0.4) is 0 Å².